The number of fused-ring (bicyclic) bond motifs is 2. The summed E-state index contributed by atoms with van der Waals surface area (Å²) in [6.45, 7) is 4.31. The zero-order valence-corrected chi connectivity index (χ0v) is 12.1. The monoisotopic (exact) mass is 264 g/mol. The van der Waals surface area contributed by atoms with Crippen LogP contribution < -0.4 is 0 Å². The van der Waals surface area contributed by atoms with Gasteiger partial charge in [0.15, 0.2) is 0 Å². The van der Waals surface area contributed by atoms with Crippen molar-refractivity contribution in [1.82, 2.24) is 0 Å². The summed E-state index contributed by atoms with van der Waals surface area (Å²) >= 11 is 0. The Labute approximate surface area is 120 Å². The van der Waals surface area contributed by atoms with Crippen molar-refractivity contribution in [3.63, 3.8) is 0 Å². The van der Waals surface area contributed by atoms with Crippen LogP contribution in [0.3, 0.4) is 0 Å². The molecule has 0 atom stereocenters. The summed E-state index contributed by atoms with van der Waals surface area (Å²) in [6.07, 6.45) is 11.7. The molecule has 1 aromatic carbocycles. The number of rotatable bonds is 3. The number of aryl methyl sites for hydroxylation is 1. The van der Waals surface area contributed by atoms with Crippen LogP contribution in [0.25, 0.3) is 18.2 Å². The highest BCUT2D eigenvalue weighted by molar-refractivity contribution is 5.76. The quantitative estimate of drug-likeness (QED) is 0.622. The number of benzene rings is 1. The fourth-order valence-corrected chi connectivity index (χ4v) is 2.77. The van der Waals surface area contributed by atoms with Crippen molar-refractivity contribution in [1.29, 1.82) is 0 Å². The Morgan fingerprint density at radius 3 is 2.80 bits per heavy atom. The minimum atomic E-state index is 0.936. The summed E-state index contributed by atoms with van der Waals surface area (Å²) in [5, 5.41) is 0. The molecular formula is C19H20O. The van der Waals surface area contributed by atoms with Gasteiger partial charge in [-0.3, -0.25) is 0 Å². The van der Waals surface area contributed by atoms with Gasteiger partial charge in [0, 0.05) is 24.0 Å². The normalized spacial score (nSPS) is 13.3. The topological polar surface area (TPSA) is 13.1 Å². The molecule has 1 heterocycles. The van der Waals surface area contributed by atoms with Crippen molar-refractivity contribution in [3.05, 3.63) is 64.1 Å². The van der Waals surface area contributed by atoms with E-state index in [-0.39, 0.29) is 0 Å². The van der Waals surface area contributed by atoms with Gasteiger partial charge in [-0.1, -0.05) is 56.3 Å². The molecular weight excluding hydrogens is 244 g/mol. The van der Waals surface area contributed by atoms with Crippen LogP contribution in [0.4, 0.5) is 0 Å². The Morgan fingerprint density at radius 1 is 1.15 bits per heavy atom. The van der Waals surface area contributed by atoms with Crippen LogP contribution in [-0.4, -0.2) is 0 Å². The van der Waals surface area contributed by atoms with Gasteiger partial charge in [-0.05, 0) is 23.6 Å². The number of furan rings is 1. The molecule has 1 heteroatoms. The Morgan fingerprint density at radius 2 is 2.00 bits per heavy atom. The maximum absolute atomic E-state index is 6.06. The van der Waals surface area contributed by atoms with Gasteiger partial charge in [0.1, 0.15) is 11.5 Å². The minimum absolute atomic E-state index is 0.936. The van der Waals surface area contributed by atoms with Gasteiger partial charge in [0.2, 0.25) is 0 Å². The van der Waals surface area contributed by atoms with Crippen molar-refractivity contribution >= 4 is 18.2 Å². The van der Waals surface area contributed by atoms with Crippen molar-refractivity contribution in [2.75, 3.05) is 0 Å². The van der Waals surface area contributed by atoms with Gasteiger partial charge in [-0.2, -0.15) is 0 Å². The minimum Gasteiger partial charge on any atom is -0.461 e. The first kappa shape index (κ1) is 13.0. The summed E-state index contributed by atoms with van der Waals surface area (Å²) in [7, 11) is 0. The smallest absolute Gasteiger partial charge is 0.131 e. The van der Waals surface area contributed by atoms with Crippen molar-refractivity contribution in [3.8, 4) is 0 Å². The lowest BCUT2D eigenvalue weighted by Gasteiger charge is -2.04. The molecule has 0 fully saturated rings. The van der Waals surface area contributed by atoms with Crippen LogP contribution in [-0.2, 0) is 12.8 Å². The number of hydrogen-bond donors (Lipinski definition) is 0. The fourth-order valence-electron chi connectivity index (χ4n) is 2.77. The Bertz CT molecular complexity index is 671. The summed E-state index contributed by atoms with van der Waals surface area (Å²) in [5.41, 5.74) is 5.28. The molecule has 1 nitrogen and oxygen atoms in total. The van der Waals surface area contributed by atoms with Gasteiger partial charge in [0.25, 0.3) is 0 Å². The molecule has 1 aromatic heterocycles. The molecule has 102 valence electrons. The molecule has 0 aliphatic heterocycles. The van der Waals surface area contributed by atoms with Crippen molar-refractivity contribution in [2.45, 2.75) is 33.1 Å². The Hall–Kier alpha value is -2.02. The van der Waals surface area contributed by atoms with Crippen LogP contribution in [0.5, 0.6) is 0 Å². The summed E-state index contributed by atoms with van der Waals surface area (Å²) in [6, 6.07) is 8.58. The molecule has 0 bridgehead atoms. The zero-order valence-electron chi connectivity index (χ0n) is 12.1. The SMILES string of the molecule is CC/C=C\c1c(CC)oc2c1Cc1ccccc1C=C2. The standard InChI is InChI=1S/C19H20O/c1-3-5-10-16-17-13-15-9-7-6-8-14(15)11-12-19(17)20-18(16)4-2/h5-12H,3-4,13H2,1-2H3/b10-5-. The highest BCUT2D eigenvalue weighted by atomic mass is 16.3. The average Bonchev–Trinajstić information content (AvgIpc) is 2.70. The third-order valence-corrected chi connectivity index (χ3v) is 3.83. The van der Waals surface area contributed by atoms with E-state index in [1.165, 1.54) is 22.3 Å². The maximum Gasteiger partial charge on any atom is 0.131 e. The molecule has 1 aliphatic carbocycles. The molecule has 0 unspecified atom stereocenters. The molecule has 1 aliphatic rings. The predicted molar refractivity (Wildman–Crippen MR) is 85.6 cm³/mol. The summed E-state index contributed by atoms with van der Waals surface area (Å²) < 4.78 is 6.06. The second-order valence-corrected chi connectivity index (χ2v) is 5.15. The highest BCUT2D eigenvalue weighted by Gasteiger charge is 2.18. The number of hydrogen-bond acceptors (Lipinski definition) is 1. The van der Waals surface area contributed by atoms with Gasteiger partial charge >= 0.3 is 0 Å². The van der Waals surface area contributed by atoms with E-state index < -0.39 is 0 Å². The average molecular weight is 264 g/mol. The molecule has 0 saturated heterocycles. The van der Waals surface area contributed by atoms with Crippen LogP contribution in [0.2, 0.25) is 0 Å². The van der Waals surface area contributed by atoms with E-state index >= 15 is 0 Å². The molecule has 0 saturated carbocycles. The first-order chi connectivity index (χ1) is 9.83. The first-order valence-corrected chi connectivity index (χ1v) is 7.40. The largest absolute Gasteiger partial charge is 0.461 e. The van der Waals surface area contributed by atoms with Crippen LogP contribution in [0, 0.1) is 0 Å². The van der Waals surface area contributed by atoms with Crippen molar-refractivity contribution in [2.24, 2.45) is 0 Å². The van der Waals surface area contributed by atoms with Crippen LogP contribution in [0.1, 0.15) is 54.0 Å². The first-order valence-electron chi connectivity index (χ1n) is 7.40. The highest BCUT2D eigenvalue weighted by Crippen LogP contribution is 2.32. The van der Waals surface area contributed by atoms with Gasteiger partial charge in [-0.15, -0.1) is 0 Å². The van der Waals surface area contributed by atoms with E-state index in [4.69, 9.17) is 4.42 Å². The second kappa shape index (κ2) is 5.54. The van der Waals surface area contributed by atoms with E-state index in [1.807, 2.05) is 0 Å². The lowest BCUT2D eigenvalue weighted by molar-refractivity contribution is 0.505. The molecule has 0 amide bonds. The van der Waals surface area contributed by atoms with Gasteiger partial charge in [0.05, 0.1) is 0 Å². The van der Waals surface area contributed by atoms with E-state index in [0.29, 0.717) is 0 Å². The van der Waals surface area contributed by atoms with E-state index in [9.17, 15) is 0 Å². The second-order valence-electron chi connectivity index (χ2n) is 5.15. The molecule has 20 heavy (non-hydrogen) atoms. The Kier molecular flexibility index (Phi) is 3.60. The molecule has 2 aromatic rings. The molecule has 3 rings (SSSR count). The van der Waals surface area contributed by atoms with Gasteiger partial charge in [-0.25, -0.2) is 0 Å². The summed E-state index contributed by atoms with van der Waals surface area (Å²) in [5.74, 6) is 2.12. The lowest BCUT2D eigenvalue weighted by Crippen LogP contribution is -1.92. The number of allylic oxidation sites excluding steroid dienone is 1. The predicted octanol–water partition coefficient (Wildman–Crippen LogP) is 5.34. The summed E-state index contributed by atoms with van der Waals surface area (Å²) in [4.78, 5) is 0. The van der Waals surface area contributed by atoms with Gasteiger partial charge < -0.3 is 4.42 Å². The van der Waals surface area contributed by atoms with E-state index in [0.717, 1.165) is 30.8 Å². The van der Waals surface area contributed by atoms with Crippen LogP contribution in [0.15, 0.2) is 34.8 Å². The molecule has 0 spiro atoms. The Balaban J connectivity index is 2.13. The van der Waals surface area contributed by atoms with E-state index in [2.05, 4.69) is 62.4 Å². The zero-order chi connectivity index (χ0) is 13.9. The lowest BCUT2D eigenvalue weighted by atomic mass is 9.98. The fraction of sp³-hybridized carbons (Fsp3) is 0.263. The third kappa shape index (κ3) is 2.24. The molecule has 0 radical (unpaired) electrons. The van der Waals surface area contributed by atoms with Crippen LogP contribution >= 0.6 is 0 Å². The third-order valence-electron chi connectivity index (χ3n) is 3.83. The van der Waals surface area contributed by atoms with E-state index in [1.54, 1.807) is 0 Å². The maximum atomic E-state index is 6.06. The molecule has 0 N–H and O–H groups in total. The van der Waals surface area contributed by atoms with Crippen molar-refractivity contribution < 1.29 is 4.42 Å².